The van der Waals surface area contributed by atoms with E-state index in [-0.39, 0.29) is 12.2 Å². The molecule has 0 heterocycles. The van der Waals surface area contributed by atoms with Crippen LogP contribution in [-0.4, -0.2) is 17.9 Å². The first-order valence-electron chi connectivity index (χ1n) is 5.00. The number of rotatable bonds is 1. The van der Waals surface area contributed by atoms with Crippen LogP contribution in [0.25, 0.3) is 0 Å². The van der Waals surface area contributed by atoms with Gasteiger partial charge in [-0.3, -0.25) is 9.59 Å². The minimum absolute atomic E-state index is 0.153. The van der Waals surface area contributed by atoms with E-state index in [0.717, 1.165) is 0 Å². The molecule has 0 spiro atoms. The third kappa shape index (κ3) is 2.27. The predicted octanol–water partition coefficient (Wildman–Crippen LogP) is 2.76. The van der Waals surface area contributed by atoms with Gasteiger partial charge < -0.3 is 5.32 Å². The van der Waals surface area contributed by atoms with Crippen LogP contribution in [0.15, 0.2) is 22.7 Å². The Morgan fingerprint density at radius 2 is 2.06 bits per heavy atom. The highest BCUT2D eigenvalue weighted by molar-refractivity contribution is 9.10. The molecule has 2 rings (SSSR count). The summed E-state index contributed by atoms with van der Waals surface area (Å²) in [5.41, 5.74) is 0.747. The summed E-state index contributed by atoms with van der Waals surface area (Å²) in [5, 5.41) is 1.83. The SMILES string of the molecule is O=C1CC(NC(=O)C(F)(F)F)c2c(Br)cccc21. The summed E-state index contributed by atoms with van der Waals surface area (Å²) in [6, 6.07) is 3.83. The molecule has 18 heavy (non-hydrogen) atoms. The Hall–Kier alpha value is -1.37. The summed E-state index contributed by atoms with van der Waals surface area (Å²) in [6.45, 7) is 0. The minimum Gasteiger partial charge on any atom is -0.341 e. The number of alkyl halides is 3. The molecular weight excluding hydrogens is 315 g/mol. The van der Waals surface area contributed by atoms with Crippen LogP contribution in [0.2, 0.25) is 0 Å². The number of hydrogen-bond donors (Lipinski definition) is 1. The number of halogens is 4. The molecule has 7 heteroatoms. The lowest BCUT2D eigenvalue weighted by Crippen LogP contribution is -2.38. The summed E-state index contributed by atoms with van der Waals surface area (Å²) in [4.78, 5) is 22.5. The first-order chi connectivity index (χ1) is 8.30. The van der Waals surface area contributed by atoms with Gasteiger partial charge in [0.25, 0.3) is 0 Å². The molecule has 1 unspecified atom stereocenters. The normalized spacial score (nSPS) is 18.7. The number of benzene rings is 1. The number of hydrogen-bond acceptors (Lipinski definition) is 2. The number of Topliss-reactive ketones (excluding diaryl/α,β-unsaturated/α-hetero) is 1. The number of fused-ring (bicyclic) bond motifs is 1. The Kier molecular flexibility index (Phi) is 3.18. The van der Waals surface area contributed by atoms with Gasteiger partial charge in [0.05, 0.1) is 6.04 Å². The van der Waals surface area contributed by atoms with Crippen molar-refractivity contribution in [2.75, 3.05) is 0 Å². The number of nitrogens with one attached hydrogen (secondary N) is 1. The summed E-state index contributed by atoms with van der Waals surface area (Å²) in [5.74, 6) is -2.32. The average molecular weight is 322 g/mol. The lowest BCUT2D eigenvalue weighted by atomic mass is 10.1. The van der Waals surface area contributed by atoms with E-state index in [1.165, 1.54) is 6.07 Å². The summed E-state index contributed by atoms with van der Waals surface area (Å²) < 4.78 is 37.0. The summed E-state index contributed by atoms with van der Waals surface area (Å²) >= 11 is 3.17. The molecule has 1 aliphatic rings. The zero-order valence-corrected chi connectivity index (χ0v) is 10.4. The molecule has 1 amide bonds. The molecule has 1 aromatic rings. The third-order valence-corrected chi connectivity index (χ3v) is 3.35. The second kappa shape index (κ2) is 4.38. The molecule has 1 N–H and O–H groups in total. The van der Waals surface area contributed by atoms with Crippen molar-refractivity contribution in [1.29, 1.82) is 0 Å². The molecule has 3 nitrogen and oxygen atoms in total. The molecular formula is C11H7BrF3NO2. The van der Waals surface area contributed by atoms with Crippen LogP contribution in [0, 0.1) is 0 Å². The maximum absolute atomic E-state index is 12.2. The van der Waals surface area contributed by atoms with Crippen LogP contribution in [0.5, 0.6) is 0 Å². The highest BCUT2D eigenvalue weighted by Gasteiger charge is 2.42. The van der Waals surface area contributed by atoms with Gasteiger partial charge in [-0.05, 0) is 11.6 Å². The molecule has 0 fully saturated rings. The smallest absolute Gasteiger partial charge is 0.341 e. The van der Waals surface area contributed by atoms with Gasteiger partial charge in [0.15, 0.2) is 5.78 Å². The first-order valence-corrected chi connectivity index (χ1v) is 5.79. The number of carbonyl (C=O) groups excluding carboxylic acids is 2. The fraction of sp³-hybridized carbons (Fsp3) is 0.273. The predicted molar refractivity (Wildman–Crippen MR) is 60.0 cm³/mol. The van der Waals surface area contributed by atoms with Gasteiger partial charge in [0, 0.05) is 16.5 Å². The number of amides is 1. The largest absolute Gasteiger partial charge is 0.471 e. The van der Waals surface area contributed by atoms with Crippen molar-refractivity contribution in [1.82, 2.24) is 5.32 Å². The molecule has 0 aromatic heterocycles. The number of ketones is 1. The topological polar surface area (TPSA) is 46.2 Å². The molecule has 0 saturated heterocycles. The Bertz CT molecular complexity index is 528. The lowest BCUT2D eigenvalue weighted by molar-refractivity contribution is -0.174. The fourth-order valence-electron chi connectivity index (χ4n) is 1.90. The van der Waals surface area contributed by atoms with E-state index < -0.39 is 18.1 Å². The molecule has 0 bridgehead atoms. The standard InChI is InChI=1S/C11H7BrF3NO2/c12-6-3-1-2-5-8(17)4-7(9(5)6)16-10(18)11(13,14)15/h1-3,7H,4H2,(H,16,18). The van der Waals surface area contributed by atoms with E-state index in [9.17, 15) is 22.8 Å². The summed E-state index contributed by atoms with van der Waals surface area (Å²) in [6.07, 6.45) is -5.10. The second-order valence-electron chi connectivity index (χ2n) is 3.85. The highest BCUT2D eigenvalue weighted by atomic mass is 79.9. The van der Waals surface area contributed by atoms with E-state index in [1.54, 1.807) is 12.1 Å². The third-order valence-electron chi connectivity index (χ3n) is 2.65. The molecule has 1 aliphatic carbocycles. The monoisotopic (exact) mass is 321 g/mol. The fourth-order valence-corrected chi connectivity index (χ4v) is 2.54. The lowest BCUT2D eigenvalue weighted by Gasteiger charge is -2.15. The van der Waals surface area contributed by atoms with E-state index in [2.05, 4.69) is 15.9 Å². The Morgan fingerprint density at radius 1 is 1.39 bits per heavy atom. The van der Waals surface area contributed by atoms with Crippen molar-refractivity contribution in [3.05, 3.63) is 33.8 Å². The quantitative estimate of drug-likeness (QED) is 0.864. The van der Waals surface area contributed by atoms with Crippen molar-refractivity contribution in [2.24, 2.45) is 0 Å². The van der Waals surface area contributed by atoms with Crippen LogP contribution < -0.4 is 5.32 Å². The summed E-state index contributed by atoms with van der Waals surface area (Å²) in [7, 11) is 0. The van der Waals surface area contributed by atoms with Gasteiger partial charge in [0.2, 0.25) is 0 Å². The molecule has 0 aliphatic heterocycles. The maximum Gasteiger partial charge on any atom is 0.471 e. The Labute approximate surface area is 108 Å². The van der Waals surface area contributed by atoms with E-state index in [0.29, 0.717) is 15.6 Å². The van der Waals surface area contributed by atoms with Crippen LogP contribution >= 0.6 is 15.9 Å². The van der Waals surface area contributed by atoms with E-state index in [1.807, 2.05) is 5.32 Å². The highest BCUT2D eigenvalue weighted by Crippen LogP contribution is 2.36. The van der Waals surface area contributed by atoms with Gasteiger partial charge in [-0.15, -0.1) is 0 Å². The van der Waals surface area contributed by atoms with Gasteiger partial charge in [-0.25, -0.2) is 0 Å². The molecule has 0 saturated carbocycles. The van der Waals surface area contributed by atoms with Crippen molar-refractivity contribution in [2.45, 2.75) is 18.6 Å². The Morgan fingerprint density at radius 3 is 2.67 bits per heavy atom. The molecule has 1 atom stereocenters. The van der Waals surface area contributed by atoms with Crippen molar-refractivity contribution >= 4 is 27.6 Å². The average Bonchev–Trinajstić information content (AvgIpc) is 2.56. The zero-order chi connectivity index (χ0) is 13.5. The minimum atomic E-state index is -4.95. The molecule has 0 radical (unpaired) electrons. The zero-order valence-electron chi connectivity index (χ0n) is 8.84. The van der Waals surface area contributed by atoms with Crippen LogP contribution in [-0.2, 0) is 4.79 Å². The van der Waals surface area contributed by atoms with Crippen LogP contribution in [0.1, 0.15) is 28.4 Å². The number of carbonyl (C=O) groups is 2. The van der Waals surface area contributed by atoms with Crippen LogP contribution in [0.3, 0.4) is 0 Å². The molecule has 96 valence electrons. The van der Waals surface area contributed by atoms with Gasteiger partial charge in [-0.1, -0.05) is 28.1 Å². The van der Waals surface area contributed by atoms with Crippen molar-refractivity contribution in [3.63, 3.8) is 0 Å². The van der Waals surface area contributed by atoms with Gasteiger partial charge >= 0.3 is 12.1 Å². The Balaban J connectivity index is 2.30. The van der Waals surface area contributed by atoms with Gasteiger partial charge in [0.1, 0.15) is 0 Å². The van der Waals surface area contributed by atoms with E-state index in [4.69, 9.17) is 0 Å². The second-order valence-corrected chi connectivity index (χ2v) is 4.71. The van der Waals surface area contributed by atoms with Crippen molar-refractivity contribution < 1.29 is 22.8 Å². The van der Waals surface area contributed by atoms with E-state index >= 15 is 0 Å². The molecule has 1 aromatic carbocycles. The first kappa shape index (κ1) is 13.1. The van der Waals surface area contributed by atoms with Crippen LogP contribution in [0.4, 0.5) is 13.2 Å². The maximum atomic E-state index is 12.2. The van der Waals surface area contributed by atoms with Crippen molar-refractivity contribution in [3.8, 4) is 0 Å². The van der Waals surface area contributed by atoms with Gasteiger partial charge in [-0.2, -0.15) is 13.2 Å².